The first-order valence-corrected chi connectivity index (χ1v) is 12.4. The molecular formula is C22H27ClN2O5S. The molecule has 2 N–H and O–H groups in total. The standard InChI is InChI=1S/C22H27ClN2O5S/c1-31(28,29)21-5-3-2-4-20(21)22(27)24-14-17(26)15-25-12-10-19(11-13-25)30-18-8-6-16(23)7-9-18/h2-9,17,19,26H,10-15H2,1H3,(H,24,27). The van der Waals surface area contributed by atoms with Crippen LogP contribution < -0.4 is 10.1 Å². The summed E-state index contributed by atoms with van der Waals surface area (Å²) in [5, 5.41) is 13.6. The zero-order valence-electron chi connectivity index (χ0n) is 17.3. The summed E-state index contributed by atoms with van der Waals surface area (Å²) in [4.78, 5) is 14.5. The number of ether oxygens (including phenoxy) is 1. The summed E-state index contributed by atoms with van der Waals surface area (Å²) in [6.45, 7) is 2.01. The Morgan fingerprint density at radius 1 is 1.19 bits per heavy atom. The Bertz CT molecular complexity index is 989. The van der Waals surface area contributed by atoms with Crippen LogP contribution in [0.5, 0.6) is 5.75 Å². The fraction of sp³-hybridized carbons (Fsp3) is 0.409. The van der Waals surface area contributed by atoms with E-state index in [-0.39, 0.29) is 23.1 Å². The van der Waals surface area contributed by atoms with Gasteiger partial charge in [-0.15, -0.1) is 0 Å². The lowest BCUT2D eigenvalue weighted by Gasteiger charge is -2.33. The molecule has 168 valence electrons. The van der Waals surface area contributed by atoms with Crippen LogP contribution in [0.3, 0.4) is 0 Å². The number of benzene rings is 2. The van der Waals surface area contributed by atoms with Crippen LogP contribution in [-0.4, -0.2) is 69.0 Å². The highest BCUT2D eigenvalue weighted by Crippen LogP contribution is 2.21. The maximum atomic E-state index is 12.4. The number of β-amino-alcohol motifs (C(OH)–C–C–N with tert-alkyl or cyclic N) is 1. The van der Waals surface area contributed by atoms with Gasteiger partial charge in [0.05, 0.1) is 16.6 Å². The molecule has 0 radical (unpaired) electrons. The Morgan fingerprint density at radius 2 is 1.84 bits per heavy atom. The topological polar surface area (TPSA) is 95.9 Å². The van der Waals surface area contributed by atoms with Crippen LogP contribution in [0.15, 0.2) is 53.4 Å². The van der Waals surface area contributed by atoms with Gasteiger partial charge >= 0.3 is 0 Å². The van der Waals surface area contributed by atoms with Crippen molar-refractivity contribution in [1.29, 1.82) is 0 Å². The molecule has 1 aliphatic heterocycles. The normalized spacial score (nSPS) is 16.6. The van der Waals surface area contributed by atoms with Crippen molar-refractivity contribution in [2.24, 2.45) is 0 Å². The molecule has 3 rings (SSSR count). The van der Waals surface area contributed by atoms with Crippen LogP contribution in [0.4, 0.5) is 0 Å². The highest BCUT2D eigenvalue weighted by atomic mass is 35.5. The molecule has 31 heavy (non-hydrogen) atoms. The Balaban J connectivity index is 1.43. The first-order valence-electron chi connectivity index (χ1n) is 10.1. The van der Waals surface area contributed by atoms with E-state index in [1.807, 2.05) is 12.1 Å². The van der Waals surface area contributed by atoms with Gasteiger partial charge in [0.1, 0.15) is 11.9 Å². The van der Waals surface area contributed by atoms with Crippen molar-refractivity contribution in [3.8, 4) is 5.75 Å². The molecule has 1 heterocycles. The second-order valence-electron chi connectivity index (χ2n) is 7.70. The first kappa shape index (κ1) is 23.5. The van der Waals surface area contributed by atoms with Crippen molar-refractivity contribution in [3.05, 3.63) is 59.1 Å². The molecule has 7 nitrogen and oxygen atoms in total. The number of nitrogens with zero attached hydrogens (tertiary/aromatic N) is 1. The van der Waals surface area contributed by atoms with E-state index in [4.69, 9.17) is 16.3 Å². The van der Waals surface area contributed by atoms with Gasteiger partial charge < -0.3 is 20.1 Å². The molecule has 0 bridgehead atoms. The molecular weight excluding hydrogens is 440 g/mol. The highest BCUT2D eigenvalue weighted by Gasteiger charge is 2.23. The molecule has 1 unspecified atom stereocenters. The quantitative estimate of drug-likeness (QED) is 0.620. The number of amides is 1. The van der Waals surface area contributed by atoms with Crippen LogP contribution in [-0.2, 0) is 9.84 Å². The fourth-order valence-electron chi connectivity index (χ4n) is 3.56. The van der Waals surface area contributed by atoms with Gasteiger partial charge in [0.25, 0.3) is 5.91 Å². The first-order chi connectivity index (χ1) is 14.7. The Hall–Kier alpha value is -2.13. The Labute approximate surface area is 187 Å². The highest BCUT2D eigenvalue weighted by molar-refractivity contribution is 7.90. The Morgan fingerprint density at radius 3 is 2.48 bits per heavy atom. The van der Waals surface area contributed by atoms with Crippen molar-refractivity contribution in [2.75, 3.05) is 32.4 Å². The van der Waals surface area contributed by atoms with Crippen LogP contribution in [0, 0.1) is 0 Å². The molecule has 2 aromatic rings. The van der Waals surface area contributed by atoms with Crippen molar-refractivity contribution in [1.82, 2.24) is 10.2 Å². The summed E-state index contributed by atoms with van der Waals surface area (Å²) in [5.41, 5.74) is 0.0809. The molecule has 0 saturated carbocycles. The van der Waals surface area contributed by atoms with Crippen molar-refractivity contribution in [2.45, 2.75) is 29.9 Å². The molecule has 0 aliphatic carbocycles. The minimum absolute atomic E-state index is 0.0234. The Kier molecular flexibility index (Phi) is 7.94. The van der Waals surface area contributed by atoms with Gasteiger partial charge in [-0.1, -0.05) is 23.7 Å². The summed E-state index contributed by atoms with van der Waals surface area (Å²) in [7, 11) is -3.52. The number of aliphatic hydroxyl groups excluding tert-OH is 1. The van der Waals surface area contributed by atoms with Gasteiger partial charge in [-0.2, -0.15) is 0 Å². The summed E-state index contributed by atoms with van der Waals surface area (Å²) < 4.78 is 29.7. The second kappa shape index (κ2) is 10.5. The van der Waals surface area contributed by atoms with Gasteiger partial charge in [0.2, 0.25) is 0 Å². The van der Waals surface area contributed by atoms with Crippen molar-refractivity contribution in [3.63, 3.8) is 0 Å². The molecule has 2 aromatic carbocycles. The van der Waals surface area contributed by atoms with Crippen molar-refractivity contribution < 1.29 is 23.1 Å². The van der Waals surface area contributed by atoms with Crippen molar-refractivity contribution >= 4 is 27.3 Å². The van der Waals surface area contributed by atoms with E-state index < -0.39 is 21.8 Å². The third kappa shape index (κ3) is 6.93. The third-order valence-corrected chi connectivity index (χ3v) is 6.56. The number of piperidine rings is 1. The minimum atomic E-state index is -3.52. The number of hydrogen-bond donors (Lipinski definition) is 2. The molecule has 1 saturated heterocycles. The fourth-order valence-corrected chi connectivity index (χ4v) is 4.57. The van der Waals surface area contributed by atoms with Gasteiger partial charge in [-0.05, 0) is 49.2 Å². The number of aliphatic hydroxyl groups is 1. The number of likely N-dealkylation sites (tertiary alicyclic amines) is 1. The van der Waals surface area contributed by atoms with E-state index in [9.17, 15) is 18.3 Å². The molecule has 1 atom stereocenters. The molecule has 1 amide bonds. The summed E-state index contributed by atoms with van der Waals surface area (Å²) in [6, 6.07) is 13.3. The average Bonchev–Trinajstić information content (AvgIpc) is 2.74. The predicted molar refractivity (Wildman–Crippen MR) is 119 cm³/mol. The van der Waals surface area contributed by atoms with Crippen LogP contribution >= 0.6 is 11.6 Å². The monoisotopic (exact) mass is 466 g/mol. The lowest BCUT2D eigenvalue weighted by molar-refractivity contribution is 0.0593. The van der Waals surface area contributed by atoms with E-state index in [1.54, 1.807) is 24.3 Å². The van der Waals surface area contributed by atoms with Crippen LogP contribution in [0.1, 0.15) is 23.2 Å². The lowest BCUT2D eigenvalue weighted by atomic mass is 10.1. The maximum absolute atomic E-state index is 12.4. The zero-order valence-corrected chi connectivity index (χ0v) is 18.9. The number of carbonyl (C=O) groups is 1. The van der Waals surface area contributed by atoms with Gasteiger partial charge in [0.15, 0.2) is 9.84 Å². The van der Waals surface area contributed by atoms with E-state index >= 15 is 0 Å². The van der Waals surface area contributed by atoms with Crippen LogP contribution in [0.25, 0.3) is 0 Å². The van der Waals surface area contributed by atoms with Gasteiger partial charge in [0, 0.05) is 37.5 Å². The number of sulfone groups is 1. The molecule has 0 spiro atoms. The van der Waals surface area contributed by atoms with E-state index in [0.29, 0.717) is 11.6 Å². The lowest BCUT2D eigenvalue weighted by Crippen LogP contribution is -2.45. The predicted octanol–water partition coefficient (Wildman–Crippen LogP) is 2.38. The third-order valence-electron chi connectivity index (χ3n) is 5.15. The number of rotatable bonds is 8. The number of carbonyl (C=O) groups excluding carboxylic acids is 1. The van der Waals surface area contributed by atoms with Gasteiger partial charge in [-0.3, -0.25) is 4.79 Å². The maximum Gasteiger partial charge on any atom is 0.252 e. The molecule has 1 aliphatic rings. The molecule has 1 fully saturated rings. The summed E-state index contributed by atoms with van der Waals surface area (Å²) in [5.74, 6) is 0.273. The van der Waals surface area contributed by atoms with E-state index in [1.165, 1.54) is 12.1 Å². The molecule has 0 aromatic heterocycles. The summed E-state index contributed by atoms with van der Waals surface area (Å²) >= 11 is 5.89. The smallest absolute Gasteiger partial charge is 0.252 e. The van der Waals surface area contributed by atoms with E-state index in [2.05, 4.69) is 10.2 Å². The average molecular weight is 467 g/mol. The van der Waals surface area contributed by atoms with E-state index in [0.717, 1.165) is 37.9 Å². The second-order valence-corrected chi connectivity index (χ2v) is 10.1. The van der Waals surface area contributed by atoms with Crippen LogP contribution in [0.2, 0.25) is 5.02 Å². The molecule has 9 heteroatoms. The minimum Gasteiger partial charge on any atom is -0.490 e. The number of halogens is 1. The van der Waals surface area contributed by atoms with Gasteiger partial charge in [-0.25, -0.2) is 8.42 Å². The number of nitrogens with one attached hydrogen (secondary N) is 1. The number of hydrogen-bond acceptors (Lipinski definition) is 6. The largest absolute Gasteiger partial charge is 0.490 e. The summed E-state index contributed by atoms with van der Waals surface area (Å²) in [6.07, 6.45) is 2.09. The SMILES string of the molecule is CS(=O)(=O)c1ccccc1C(=O)NCC(O)CN1CCC(Oc2ccc(Cl)cc2)CC1. The zero-order chi connectivity index (χ0) is 22.4.